The van der Waals surface area contributed by atoms with E-state index >= 15 is 0 Å². The lowest BCUT2D eigenvalue weighted by molar-refractivity contribution is -0.135. The van der Waals surface area contributed by atoms with Crippen LogP contribution in [0.25, 0.3) is 0 Å². The molecule has 3 atom stereocenters. The Morgan fingerprint density at radius 2 is 1.53 bits per heavy atom. The van der Waals surface area contributed by atoms with E-state index < -0.39 is 6.04 Å². The summed E-state index contributed by atoms with van der Waals surface area (Å²) in [5.41, 5.74) is 0. The van der Waals surface area contributed by atoms with E-state index in [4.69, 9.17) is 23.2 Å². The molecule has 0 radical (unpaired) electrons. The average Bonchev–Trinajstić information content (AvgIpc) is 2.12. The highest BCUT2D eigenvalue weighted by Gasteiger charge is 2.23. The van der Waals surface area contributed by atoms with Crippen LogP contribution in [0.3, 0.4) is 0 Å². The predicted molar refractivity (Wildman–Crippen MR) is 70.5 cm³/mol. The van der Waals surface area contributed by atoms with E-state index in [1.807, 2.05) is 13.8 Å². The first-order chi connectivity index (χ1) is 7.73. The molecule has 0 saturated carbocycles. The summed E-state index contributed by atoms with van der Waals surface area (Å²) >= 11 is 11.8. The summed E-state index contributed by atoms with van der Waals surface area (Å²) < 4.78 is 0. The number of amides is 2. The van der Waals surface area contributed by atoms with Crippen LogP contribution in [0.4, 0.5) is 0 Å². The topological polar surface area (TPSA) is 49.4 Å². The third-order valence-corrected chi connectivity index (χ3v) is 2.32. The Kier molecular flexibility index (Phi) is 7.55. The van der Waals surface area contributed by atoms with Crippen LogP contribution in [0.1, 0.15) is 27.7 Å². The molecule has 1 N–H and O–H groups in total. The molecule has 17 heavy (non-hydrogen) atoms. The molecule has 6 heteroatoms. The number of hydrogen-bond donors (Lipinski definition) is 1. The molecule has 0 aliphatic carbocycles. The van der Waals surface area contributed by atoms with Gasteiger partial charge in [-0.3, -0.25) is 9.59 Å². The number of carbonyl (C=O) groups excluding carboxylic acids is 2. The quantitative estimate of drug-likeness (QED) is 0.753. The Morgan fingerprint density at radius 1 is 1.12 bits per heavy atom. The number of alkyl halides is 2. The third-order valence-electron chi connectivity index (χ3n) is 2.05. The molecule has 0 aromatic heterocycles. The maximum absolute atomic E-state index is 12.0. The van der Waals surface area contributed by atoms with Crippen molar-refractivity contribution in [3.8, 4) is 0 Å². The van der Waals surface area contributed by atoms with Gasteiger partial charge in [0, 0.05) is 30.8 Å². The van der Waals surface area contributed by atoms with E-state index in [1.165, 1.54) is 6.92 Å². The van der Waals surface area contributed by atoms with Crippen LogP contribution in [0.5, 0.6) is 0 Å². The zero-order valence-corrected chi connectivity index (χ0v) is 12.2. The molecular weight excluding hydrogens is 263 g/mol. The molecule has 0 spiro atoms. The molecule has 0 bridgehead atoms. The van der Waals surface area contributed by atoms with Crippen molar-refractivity contribution in [1.29, 1.82) is 0 Å². The molecule has 0 aliphatic heterocycles. The molecule has 0 fully saturated rings. The van der Waals surface area contributed by atoms with Gasteiger partial charge in [0.05, 0.1) is 0 Å². The van der Waals surface area contributed by atoms with E-state index in [-0.39, 0.29) is 22.6 Å². The van der Waals surface area contributed by atoms with Gasteiger partial charge in [0.1, 0.15) is 6.04 Å². The van der Waals surface area contributed by atoms with Gasteiger partial charge in [0.2, 0.25) is 11.8 Å². The SMILES string of the molecule is CC(=O)NC(C)C(=O)N(CC(C)Cl)CC(C)Cl. The Bertz CT molecular complexity index is 260. The first-order valence-corrected chi connectivity index (χ1v) is 6.45. The van der Waals surface area contributed by atoms with Crippen molar-refractivity contribution in [3.05, 3.63) is 0 Å². The summed E-state index contributed by atoms with van der Waals surface area (Å²) in [7, 11) is 0. The maximum atomic E-state index is 12.0. The van der Waals surface area contributed by atoms with Gasteiger partial charge in [-0.05, 0) is 20.8 Å². The summed E-state index contributed by atoms with van der Waals surface area (Å²) in [6.45, 7) is 7.48. The highest BCUT2D eigenvalue weighted by molar-refractivity contribution is 6.21. The summed E-state index contributed by atoms with van der Waals surface area (Å²) in [5.74, 6) is -0.399. The fourth-order valence-corrected chi connectivity index (χ4v) is 1.84. The Morgan fingerprint density at radius 3 is 1.82 bits per heavy atom. The van der Waals surface area contributed by atoms with E-state index in [2.05, 4.69) is 5.32 Å². The minimum Gasteiger partial charge on any atom is -0.345 e. The monoisotopic (exact) mass is 282 g/mol. The lowest BCUT2D eigenvalue weighted by atomic mass is 10.2. The number of nitrogens with zero attached hydrogens (tertiary/aromatic N) is 1. The van der Waals surface area contributed by atoms with Crippen LogP contribution in [0.2, 0.25) is 0 Å². The van der Waals surface area contributed by atoms with Crippen LogP contribution in [0.15, 0.2) is 0 Å². The van der Waals surface area contributed by atoms with Crippen LogP contribution in [-0.4, -0.2) is 46.6 Å². The largest absolute Gasteiger partial charge is 0.345 e. The standard InChI is InChI=1S/C11H20Cl2N2O2/c1-7(12)5-15(6-8(2)13)11(17)9(3)14-10(4)16/h7-9H,5-6H2,1-4H3,(H,14,16). The third kappa shape index (κ3) is 7.45. The van der Waals surface area contributed by atoms with Crippen LogP contribution in [0, 0.1) is 0 Å². The maximum Gasteiger partial charge on any atom is 0.244 e. The normalized spacial score (nSPS) is 15.9. The zero-order valence-electron chi connectivity index (χ0n) is 10.7. The van der Waals surface area contributed by atoms with Gasteiger partial charge in [-0.25, -0.2) is 0 Å². The second kappa shape index (κ2) is 7.77. The molecule has 0 aromatic carbocycles. The van der Waals surface area contributed by atoms with Gasteiger partial charge >= 0.3 is 0 Å². The Labute approximate surface area is 113 Å². The second-order valence-electron chi connectivity index (χ2n) is 4.23. The molecule has 2 amide bonds. The first kappa shape index (κ1) is 16.5. The highest BCUT2D eigenvalue weighted by atomic mass is 35.5. The predicted octanol–water partition coefficient (Wildman–Crippen LogP) is 1.59. The highest BCUT2D eigenvalue weighted by Crippen LogP contribution is 2.06. The van der Waals surface area contributed by atoms with Crippen LogP contribution < -0.4 is 5.32 Å². The van der Waals surface area contributed by atoms with Crippen molar-refractivity contribution in [2.75, 3.05) is 13.1 Å². The second-order valence-corrected chi connectivity index (χ2v) is 5.72. The number of carbonyl (C=O) groups is 2. The van der Waals surface area contributed by atoms with Crippen LogP contribution >= 0.6 is 23.2 Å². The molecule has 4 nitrogen and oxygen atoms in total. The molecule has 0 aromatic rings. The molecule has 3 unspecified atom stereocenters. The molecule has 0 rings (SSSR count). The van der Waals surface area contributed by atoms with E-state index in [9.17, 15) is 9.59 Å². The molecule has 100 valence electrons. The minimum atomic E-state index is -0.557. The minimum absolute atomic E-state index is 0.154. The van der Waals surface area contributed by atoms with Gasteiger partial charge < -0.3 is 10.2 Å². The first-order valence-electron chi connectivity index (χ1n) is 5.58. The van der Waals surface area contributed by atoms with Gasteiger partial charge in [-0.1, -0.05) is 0 Å². The van der Waals surface area contributed by atoms with Gasteiger partial charge in [0.25, 0.3) is 0 Å². The lowest BCUT2D eigenvalue weighted by Gasteiger charge is -2.27. The van der Waals surface area contributed by atoms with Crippen molar-refractivity contribution in [2.24, 2.45) is 0 Å². The summed E-state index contributed by atoms with van der Waals surface area (Å²) in [4.78, 5) is 24.5. The average molecular weight is 283 g/mol. The molecule has 0 saturated heterocycles. The fourth-order valence-electron chi connectivity index (χ4n) is 1.50. The van der Waals surface area contributed by atoms with E-state index in [1.54, 1.807) is 11.8 Å². The molecular formula is C11H20Cl2N2O2. The lowest BCUT2D eigenvalue weighted by Crippen LogP contribution is -2.49. The Balaban J connectivity index is 4.55. The summed E-state index contributed by atoms with van der Waals surface area (Å²) in [6.07, 6.45) is 0. The summed E-state index contributed by atoms with van der Waals surface area (Å²) in [6, 6.07) is -0.557. The Hall–Kier alpha value is -0.480. The van der Waals surface area contributed by atoms with E-state index in [0.29, 0.717) is 13.1 Å². The molecule has 0 aliphatic rings. The molecule has 0 heterocycles. The van der Waals surface area contributed by atoms with Crippen molar-refractivity contribution in [1.82, 2.24) is 10.2 Å². The fraction of sp³-hybridized carbons (Fsp3) is 0.818. The van der Waals surface area contributed by atoms with Gasteiger partial charge in [-0.15, -0.1) is 23.2 Å². The van der Waals surface area contributed by atoms with Crippen LogP contribution in [-0.2, 0) is 9.59 Å². The summed E-state index contributed by atoms with van der Waals surface area (Å²) in [5, 5.41) is 2.25. The number of rotatable bonds is 6. The van der Waals surface area contributed by atoms with Crippen molar-refractivity contribution in [3.63, 3.8) is 0 Å². The number of nitrogens with one attached hydrogen (secondary N) is 1. The smallest absolute Gasteiger partial charge is 0.244 e. The number of halogens is 2. The van der Waals surface area contributed by atoms with Gasteiger partial charge in [-0.2, -0.15) is 0 Å². The number of hydrogen-bond acceptors (Lipinski definition) is 2. The zero-order chi connectivity index (χ0) is 13.6. The van der Waals surface area contributed by atoms with E-state index in [0.717, 1.165) is 0 Å². The van der Waals surface area contributed by atoms with Crippen molar-refractivity contribution >= 4 is 35.0 Å². The van der Waals surface area contributed by atoms with Crippen molar-refractivity contribution < 1.29 is 9.59 Å². The van der Waals surface area contributed by atoms with Crippen molar-refractivity contribution in [2.45, 2.75) is 44.5 Å². The van der Waals surface area contributed by atoms with Gasteiger partial charge in [0.15, 0.2) is 0 Å².